The second-order valence-electron chi connectivity index (χ2n) is 6.99. The Kier molecular flexibility index (Phi) is 6.89. The van der Waals surface area contributed by atoms with Crippen LogP contribution in [-0.2, 0) is 14.3 Å². The van der Waals surface area contributed by atoms with Crippen molar-refractivity contribution in [2.24, 2.45) is 0 Å². The number of hydrogen-bond donors (Lipinski definition) is 1. The molecule has 2 aromatic heterocycles. The number of anilines is 1. The molecule has 10 heteroatoms. The number of aromatic nitrogens is 2. The molecular weight excluding hydrogens is 456 g/mol. The lowest BCUT2D eigenvalue weighted by molar-refractivity contribution is -0.384. The van der Waals surface area contributed by atoms with Crippen molar-refractivity contribution in [2.75, 3.05) is 11.9 Å². The number of carbonyl (C=O) groups excluding carboxylic acids is 2. The van der Waals surface area contributed by atoms with Gasteiger partial charge in [-0.1, -0.05) is 30.3 Å². The van der Waals surface area contributed by atoms with E-state index in [2.05, 4.69) is 10.4 Å². The molecule has 0 saturated carbocycles. The standard InChI is InChI=1S/C24H18N4O5S/c29-22(25-18-6-4-9-20(14-18)28(31)32)16-33-23(30)12-11-17-15-27(19-7-2-1-3-8-19)26-24(17)21-10-5-13-34-21/h1-15H,16H2,(H,25,29). The molecule has 4 rings (SSSR count). The van der Waals surface area contributed by atoms with Crippen LogP contribution in [0.1, 0.15) is 5.56 Å². The molecule has 0 aliphatic rings. The van der Waals surface area contributed by atoms with Gasteiger partial charge in [0.2, 0.25) is 0 Å². The molecule has 0 fully saturated rings. The zero-order valence-corrected chi connectivity index (χ0v) is 18.5. The van der Waals surface area contributed by atoms with Gasteiger partial charge in [-0.15, -0.1) is 11.3 Å². The SMILES string of the molecule is O=C(COC(=O)C=Cc1cn(-c2ccccc2)nc1-c1cccs1)Nc1cccc([N+](=O)[O-])c1. The summed E-state index contributed by atoms with van der Waals surface area (Å²) in [7, 11) is 0. The van der Waals surface area contributed by atoms with Gasteiger partial charge in [0.05, 0.1) is 15.5 Å². The molecule has 2 aromatic carbocycles. The van der Waals surface area contributed by atoms with Crippen molar-refractivity contribution in [1.29, 1.82) is 0 Å². The maximum absolute atomic E-state index is 12.2. The summed E-state index contributed by atoms with van der Waals surface area (Å²) in [5.74, 6) is -1.32. The van der Waals surface area contributed by atoms with Crippen molar-refractivity contribution in [1.82, 2.24) is 9.78 Å². The van der Waals surface area contributed by atoms with Crippen LogP contribution in [-0.4, -0.2) is 33.2 Å². The van der Waals surface area contributed by atoms with E-state index in [0.29, 0.717) is 11.3 Å². The van der Waals surface area contributed by atoms with Crippen molar-refractivity contribution < 1.29 is 19.2 Å². The average molecular weight is 474 g/mol. The zero-order valence-electron chi connectivity index (χ0n) is 17.7. The third-order valence-corrected chi connectivity index (χ3v) is 5.48. The Morgan fingerprint density at radius 3 is 2.68 bits per heavy atom. The molecule has 0 saturated heterocycles. The fourth-order valence-corrected chi connectivity index (χ4v) is 3.80. The molecule has 9 nitrogen and oxygen atoms in total. The Morgan fingerprint density at radius 2 is 1.94 bits per heavy atom. The number of rotatable bonds is 8. The van der Waals surface area contributed by atoms with Gasteiger partial charge in [0.25, 0.3) is 11.6 Å². The molecule has 0 bridgehead atoms. The summed E-state index contributed by atoms with van der Waals surface area (Å²) in [6, 6.07) is 18.9. The lowest BCUT2D eigenvalue weighted by Crippen LogP contribution is -2.20. The number of thiophene rings is 1. The third-order valence-electron chi connectivity index (χ3n) is 4.60. The molecule has 0 aliphatic carbocycles. The zero-order chi connectivity index (χ0) is 23.9. The second kappa shape index (κ2) is 10.4. The van der Waals surface area contributed by atoms with Crippen molar-refractivity contribution in [3.8, 4) is 16.3 Å². The third kappa shape index (κ3) is 5.61. The van der Waals surface area contributed by atoms with Crippen LogP contribution in [0.5, 0.6) is 0 Å². The molecule has 34 heavy (non-hydrogen) atoms. The highest BCUT2D eigenvalue weighted by Gasteiger charge is 2.13. The minimum atomic E-state index is -0.709. The normalized spacial score (nSPS) is 10.8. The number of nitro benzene ring substituents is 1. The number of ether oxygens (including phenoxy) is 1. The molecule has 0 spiro atoms. The quantitative estimate of drug-likeness (QED) is 0.171. The molecule has 0 atom stereocenters. The number of hydrogen-bond acceptors (Lipinski definition) is 7. The molecule has 0 unspecified atom stereocenters. The van der Waals surface area contributed by atoms with E-state index in [4.69, 9.17) is 4.74 Å². The predicted octanol–water partition coefficient (Wildman–Crippen LogP) is 4.70. The van der Waals surface area contributed by atoms with Crippen molar-refractivity contribution in [3.05, 3.63) is 100 Å². The van der Waals surface area contributed by atoms with E-state index in [1.165, 1.54) is 41.7 Å². The molecule has 0 radical (unpaired) electrons. The smallest absolute Gasteiger partial charge is 0.331 e. The van der Waals surface area contributed by atoms with E-state index in [1.54, 1.807) is 10.8 Å². The number of amides is 1. The van der Waals surface area contributed by atoms with E-state index in [1.807, 2.05) is 54.0 Å². The second-order valence-corrected chi connectivity index (χ2v) is 7.93. The van der Waals surface area contributed by atoms with E-state index in [0.717, 1.165) is 10.6 Å². The number of carbonyl (C=O) groups is 2. The van der Waals surface area contributed by atoms with Gasteiger partial charge in [-0.3, -0.25) is 14.9 Å². The molecule has 0 aliphatic heterocycles. The van der Waals surface area contributed by atoms with Crippen LogP contribution in [0.2, 0.25) is 0 Å². The highest BCUT2D eigenvalue weighted by Crippen LogP contribution is 2.28. The number of benzene rings is 2. The molecule has 2 heterocycles. The number of non-ortho nitro benzene ring substituents is 1. The molecular formula is C24H18N4O5S. The van der Waals surface area contributed by atoms with E-state index >= 15 is 0 Å². The van der Waals surface area contributed by atoms with Crippen LogP contribution in [0.25, 0.3) is 22.3 Å². The van der Waals surface area contributed by atoms with Crippen molar-refractivity contribution in [3.63, 3.8) is 0 Å². The lowest BCUT2D eigenvalue weighted by Gasteiger charge is -2.05. The first-order chi connectivity index (χ1) is 16.5. The number of para-hydroxylation sites is 1. The fraction of sp³-hybridized carbons (Fsp3) is 0.0417. The van der Waals surface area contributed by atoms with Gasteiger partial charge < -0.3 is 10.1 Å². The van der Waals surface area contributed by atoms with Crippen molar-refractivity contribution in [2.45, 2.75) is 0 Å². The summed E-state index contributed by atoms with van der Waals surface area (Å²) >= 11 is 1.53. The van der Waals surface area contributed by atoms with Gasteiger partial charge in [0, 0.05) is 35.7 Å². The Bertz CT molecular complexity index is 1350. The number of esters is 1. The Labute approximate surface area is 198 Å². The van der Waals surface area contributed by atoms with Crippen molar-refractivity contribution >= 4 is 40.7 Å². The van der Waals surface area contributed by atoms with Gasteiger partial charge in [0.1, 0.15) is 5.69 Å². The summed E-state index contributed by atoms with van der Waals surface area (Å²) in [4.78, 5) is 35.4. The van der Waals surface area contributed by atoms with Gasteiger partial charge in [-0.25, -0.2) is 9.48 Å². The van der Waals surface area contributed by atoms with Crippen LogP contribution in [0.3, 0.4) is 0 Å². The van der Waals surface area contributed by atoms with E-state index in [9.17, 15) is 19.7 Å². The average Bonchev–Trinajstić information content (AvgIpc) is 3.52. The molecule has 1 N–H and O–H groups in total. The highest BCUT2D eigenvalue weighted by molar-refractivity contribution is 7.13. The predicted molar refractivity (Wildman–Crippen MR) is 129 cm³/mol. The molecule has 4 aromatic rings. The monoisotopic (exact) mass is 474 g/mol. The summed E-state index contributed by atoms with van der Waals surface area (Å²) in [5, 5.41) is 19.9. The Morgan fingerprint density at radius 1 is 1.12 bits per heavy atom. The van der Waals surface area contributed by atoms with Gasteiger partial charge in [0.15, 0.2) is 6.61 Å². The van der Waals surface area contributed by atoms with Gasteiger partial charge in [-0.2, -0.15) is 5.10 Å². The summed E-state index contributed by atoms with van der Waals surface area (Å²) in [6.07, 6.45) is 4.62. The summed E-state index contributed by atoms with van der Waals surface area (Å²) in [5.41, 5.74) is 2.38. The Hall–Kier alpha value is -4.57. The first-order valence-corrected chi connectivity index (χ1v) is 11.0. The summed E-state index contributed by atoms with van der Waals surface area (Å²) < 4.78 is 6.73. The Balaban J connectivity index is 1.41. The molecule has 170 valence electrons. The van der Waals surface area contributed by atoms with Crippen LogP contribution in [0.15, 0.2) is 84.4 Å². The van der Waals surface area contributed by atoms with E-state index in [-0.39, 0.29) is 11.4 Å². The summed E-state index contributed by atoms with van der Waals surface area (Å²) in [6.45, 7) is -0.535. The minimum Gasteiger partial charge on any atom is -0.452 e. The van der Waals surface area contributed by atoms with E-state index < -0.39 is 23.4 Å². The van der Waals surface area contributed by atoms with Crippen LogP contribution in [0, 0.1) is 10.1 Å². The minimum absolute atomic E-state index is 0.157. The maximum Gasteiger partial charge on any atom is 0.331 e. The topological polar surface area (TPSA) is 116 Å². The first-order valence-electron chi connectivity index (χ1n) is 10.1. The first kappa shape index (κ1) is 22.6. The maximum atomic E-state index is 12.2. The number of nitrogens with one attached hydrogen (secondary N) is 1. The fourth-order valence-electron chi connectivity index (χ4n) is 3.06. The largest absolute Gasteiger partial charge is 0.452 e. The number of nitrogens with zero attached hydrogens (tertiary/aromatic N) is 3. The van der Waals surface area contributed by atoms with Crippen LogP contribution >= 0.6 is 11.3 Å². The lowest BCUT2D eigenvalue weighted by atomic mass is 10.2. The number of nitro groups is 1. The van der Waals surface area contributed by atoms with Gasteiger partial charge >= 0.3 is 5.97 Å². The highest BCUT2D eigenvalue weighted by atomic mass is 32.1. The van der Waals surface area contributed by atoms with Crippen LogP contribution < -0.4 is 5.32 Å². The molecule has 1 amide bonds. The van der Waals surface area contributed by atoms with Gasteiger partial charge in [-0.05, 0) is 35.7 Å². The van der Waals surface area contributed by atoms with Crippen LogP contribution in [0.4, 0.5) is 11.4 Å².